The van der Waals surface area contributed by atoms with Crippen LogP contribution in [0.1, 0.15) is 31.4 Å². The molecule has 2 N–H and O–H groups in total. The van der Waals surface area contributed by atoms with E-state index in [-0.39, 0.29) is 12.0 Å². The van der Waals surface area contributed by atoms with E-state index in [0.29, 0.717) is 13.0 Å². The molecule has 1 amide bonds. The Morgan fingerprint density at radius 3 is 2.42 bits per heavy atom. The minimum absolute atomic E-state index is 0.00485. The summed E-state index contributed by atoms with van der Waals surface area (Å²) in [6.07, 6.45) is 0.504. The molecule has 0 radical (unpaired) electrons. The zero-order valence-electron chi connectivity index (χ0n) is 14.8. The third-order valence-electron chi connectivity index (χ3n) is 3.42. The monoisotopic (exact) mass is 326 g/mol. The van der Waals surface area contributed by atoms with Crippen LogP contribution in [-0.4, -0.2) is 18.6 Å². The van der Waals surface area contributed by atoms with Crippen LogP contribution in [0.5, 0.6) is 5.75 Å². The van der Waals surface area contributed by atoms with Crippen LogP contribution in [0.25, 0.3) is 0 Å². The van der Waals surface area contributed by atoms with Gasteiger partial charge in [-0.1, -0.05) is 18.2 Å². The summed E-state index contributed by atoms with van der Waals surface area (Å²) in [7, 11) is 0. The first-order chi connectivity index (χ1) is 11.4. The molecule has 0 saturated heterocycles. The highest BCUT2D eigenvalue weighted by atomic mass is 16.5. The van der Waals surface area contributed by atoms with Crippen molar-refractivity contribution in [1.82, 2.24) is 0 Å². The molecule has 128 valence electrons. The van der Waals surface area contributed by atoms with Gasteiger partial charge in [0.2, 0.25) is 5.91 Å². The van der Waals surface area contributed by atoms with Crippen LogP contribution in [0, 0.1) is 13.8 Å². The molecule has 2 aromatic carbocycles. The van der Waals surface area contributed by atoms with Crippen LogP contribution in [0.2, 0.25) is 0 Å². The maximum atomic E-state index is 12.1. The number of hydrogen-bond donors (Lipinski definition) is 2. The van der Waals surface area contributed by atoms with Gasteiger partial charge in [0.1, 0.15) is 5.75 Å². The number of rotatable bonds is 7. The zero-order chi connectivity index (χ0) is 17.5. The summed E-state index contributed by atoms with van der Waals surface area (Å²) in [5.74, 6) is 0.803. The first-order valence-corrected chi connectivity index (χ1v) is 8.32. The van der Waals surface area contributed by atoms with Gasteiger partial charge in [-0.05, 0) is 63.1 Å². The van der Waals surface area contributed by atoms with E-state index in [1.165, 1.54) is 0 Å². The van der Waals surface area contributed by atoms with Gasteiger partial charge < -0.3 is 15.4 Å². The van der Waals surface area contributed by atoms with Crippen molar-refractivity contribution in [2.75, 3.05) is 17.2 Å². The highest BCUT2D eigenvalue weighted by Gasteiger charge is 2.07. The van der Waals surface area contributed by atoms with E-state index in [9.17, 15) is 4.79 Å². The third-order valence-corrected chi connectivity index (χ3v) is 3.42. The lowest BCUT2D eigenvalue weighted by molar-refractivity contribution is -0.115. The topological polar surface area (TPSA) is 50.4 Å². The van der Waals surface area contributed by atoms with Gasteiger partial charge in [0.25, 0.3) is 0 Å². The molecule has 0 heterocycles. The Kier molecular flexibility index (Phi) is 6.24. The average molecular weight is 326 g/mol. The van der Waals surface area contributed by atoms with Gasteiger partial charge in [-0.2, -0.15) is 0 Å². The number of anilines is 2. The van der Waals surface area contributed by atoms with Gasteiger partial charge >= 0.3 is 0 Å². The molecule has 0 atom stereocenters. The molecule has 2 aromatic rings. The molecule has 0 bridgehead atoms. The molecule has 0 aliphatic carbocycles. The molecular formula is C20H26N2O2. The van der Waals surface area contributed by atoms with E-state index < -0.39 is 0 Å². The van der Waals surface area contributed by atoms with E-state index in [1.807, 2.05) is 64.1 Å². The van der Waals surface area contributed by atoms with Gasteiger partial charge in [0, 0.05) is 18.7 Å². The van der Waals surface area contributed by atoms with E-state index in [4.69, 9.17) is 4.74 Å². The Balaban J connectivity index is 1.87. The fourth-order valence-corrected chi connectivity index (χ4v) is 2.55. The van der Waals surface area contributed by atoms with Crippen molar-refractivity contribution in [1.29, 1.82) is 0 Å². The quantitative estimate of drug-likeness (QED) is 0.786. The van der Waals surface area contributed by atoms with Gasteiger partial charge in [-0.25, -0.2) is 0 Å². The number of ether oxygens (including phenoxy) is 1. The van der Waals surface area contributed by atoms with E-state index in [0.717, 1.165) is 28.3 Å². The second kappa shape index (κ2) is 8.39. The lowest BCUT2D eigenvalue weighted by Crippen LogP contribution is -2.17. The van der Waals surface area contributed by atoms with Crippen molar-refractivity contribution >= 4 is 17.3 Å². The Labute approximate surface area is 144 Å². The molecule has 0 unspecified atom stereocenters. The second-order valence-corrected chi connectivity index (χ2v) is 6.26. The predicted molar refractivity (Wildman–Crippen MR) is 99.9 cm³/mol. The number of nitrogens with one attached hydrogen (secondary N) is 2. The molecule has 0 aromatic heterocycles. The molecule has 4 heteroatoms. The summed E-state index contributed by atoms with van der Waals surface area (Å²) in [4.78, 5) is 12.1. The van der Waals surface area contributed by atoms with E-state index >= 15 is 0 Å². The number of aryl methyl sites for hydroxylation is 2. The molecule has 0 aliphatic rings. The van der Waals surface area contributed by atoms with Gasteiger partial charge in [-0.3, -0.25) is 4.79 Å². The number of carbonyl (C=O) groups excluding carboxylic acids is 1. The van der Waals surface area contributed by atoms with Crippen molar-refractivity contribution in [2.24, 2.45) is 0 Å². The Bertz CT molecular complexity index is 676. The fraction of sp³-hybridized carbons (Fsp3) is 0.350. The van der Waals surface area contributed by atoms with Gasteiger partial charge in [0.15, 0.2) is 0 Å². The first-order valence-electron chi connectivity index (χ1n) is 8.32. The van der Waals surface area contributed by atoms with Crippen molar-refractivity contribution < 1.29 is 9.53 Å². The highest BCUT2D eigenvalue weighted by Crippen LogP contribution is 2.24. The molecular weight excluding hydrogens is 300 g/mol. The molecule has 24 heavy (non-hydrogen) atoms. The Morgan fingerprint density at radius 1 is 1.08 bits per heavy atom. The minimum Gasteiger partial charge on any atom is -0.489 e. The van der Waals surface area contributed by atoms with Gasteiger partial charge in [-0.15, -0.1) is 0 Å². The molecule has 0 saturated carbocycles. The van der Waals surface area contributed by atoms with Gasteiger partial charge in [0.05, 0.1) is 11.8 Å². The van der Waals surface area contributed by atoms with Crippen molar-refractivity contribution in [3.63, 3.8) is 0 Å². The predicted octanol–water partition coefficient (Wildman–Crippen LogP) is 4.53. The minimum atomic E-state index is -0.00485. The summed E-state index contributed by atoms with van der Waals surface area (Å²) in [5, 5.41) is 6.22. The lowest BCUT2D eigenvalue weighted by atomic mass is 10.1. The number of carbonyl (C=O) groups is 1. The summed E-state index contributed by atoms with van der Waals surface area (Å²) in [6, 6.07) is 13.8. The largest absolute Gasteiger partial charge is 0.489 e. The van der Waals surface area contributed by atoms with Crippen molar-refractivity contribution in [3.05, 3.63) is 53.6 Å². The first kappa shape index (κ1) is 17.9. The summed E-state index contributed by atoms with van der Waals surface area (Å²) >= 11 is 0. The van der Waals surface area contributed by atoms with Crippen molar-refractivity contribution in [3.8, 4) is 5.75 Å². The SMILES string of the molecule is Cc1cc(C)cc(NC(=O)CCNc2ccccc2OC(C)C)c1. The number of hydrogen-bond acceptors (Lipinski definition) is 3. The maximum absolute atomic E-state index is 12.1. The normalized spacial score (nSPS) is 10.5. The zero-order valence-corrected chi connectivity index (χ0v) is 14.8. The summed E-state index contributed by atoms with van der Waals surface area (Å²) < 4.78 is 5.76. The van der Waals surface area contributed by atoms with Crippen LogP contribution < -0.4 is 15.4 Å². The molecule has 0 fully saturated rings. The van der Waals surface area contributed by atoms with Crippen LogP contribution >= 0.6 is 0 Å². The number of benzene rings is 2. The standard InChI is InChI=1S/C20H26N2O2/c1-14(2)24-19-8-6-5-7-18(19)21-10-9-20(23)22-17-12-15(3)11-16(4)13-17/h5-8,11-14,21H,9-10H2,1-4H3,(H,22,23). The lowest BCUT2D eigenvalue weighted by Gasteiger charge is -2.15. The third kappa shape index (κ3) is 5.61. The number of amides is 1. The average Bonchev–Trinajstić information content (AvgIpc) is 2.47. The van der Waals surface area contributed by atoms with Crippen LogP contribution in [0.3, 0.4) is 0 Å². The van der Waals surface area contributed by atoms with Crippen molar-refractivity contribution in [2.45, 2.75) is 40.2 Å². The van der Waals surface area contributed by atoms with Crippen LogP contribution in [-0.2, 0) is 4.79 Å². The summed E-state index contributed by atoms with van der Waals surface area (Å²) in [6.45, 7) is 8.59. The number of para-hydroxylation sites is 2. The molecule has 0 spiro atoms. The molecule has 2 rings (SSSR count). The summed E-state index contributed by atoms with van der Waals surface area (Å²) in [5.41, 5.74) is 4.04. The van der Waals surface area contributed by atoms with Crippen LogP contribution in [0.4, 0.5) is 11.4 Å². The smallest absolute Gasteiger partial charge is 0.226 e. The van der Waals surface area contributed by atoms with E-state index in [1.54, 1.807) is 0 Å². The van der Waals surface area contributed by atoms with E-state index in [2.05, 4.69) is 16.7 Å². The Morgan fingerprint density at radius 2 is 1.75 bits per heavy atom. The molecule has 0 aliphatic heterocycles. The fourth-order valence-electron chi connectivity index (χ4n) is 2.55. The molecule has 4 nitrogen and oxygen atoms in total. The van der Waals surface area contributed by atoms with Crippen LogP contribution in [0.15, 0.2) is 42.5 Å². The Hall–Kier alpha value is -2.49. The second-order valence-electron chi connectivity index (χ2n) is 6.26. The highest BCUT2D eigenvalue weighted by molar-refractivity contribution is 5.91. The maximum Gasteiger partial charge on any atom is 0.226 e.